The third-order valence-electron chi connectivity index (χ3n) is 3.30. The molecule has 1 aliphatic heterocycles. The van der Waals surface area contributed by atoms with Gasteiger partial charge in [-0.15, -0.1) is 11.3 Å². The van der Waals surface area contributed by atoms with Crippen molar-refractivity contribution < 1.29 is 17.9 Å². The van der Waals surface area contributed by atoms with Crippen LogP contribution in [0.3, 0.4) is 0 Å². The van der Waals surface area contributed by atoms with E-state index in [0.29, 0.717) is 22.7 Å². The fourth-order valence-electron chi connectivity index (χ4n) is 2.31. The van der Waals surface area contributed by atoms with Crippen molar-refractivity contribution in [2.45, 2.75) is 31.3 Å². The third kappa shape index (κ3) is 3.19. The Bertz CT molecular complexity index is 892. The van der Waals surface area contributed by atoms with Gasteiger partial charge in [0.1, 0.15) is 16.7 Å². The number of halogens is 1. The zero-order valence-corrected chi connectivity index (χ0v) is 14.7. The summed E-state index contributed by atoms with van der Waals surface area (Å²) in [5, 5.41) is 0.896. The number of carbonyl (C=O) groups excluding carboxylic acids is 1. The minimum Gasteiger partial charge on any atom is -0.489 e. The molecule has 1 N–H and O–H groups in total. The molecule has 0 fully saturated rings. The topological polar surface area (TPSA) is 85.4 Å². The molecule has 0 unspecified atom stereocenters. The van der Waals surface area contributed by atoms with E-state index in [4.69, 9.17) is 16.3 Å². The number of ether oxygens (including phenoxy) is 1. The number of carbonyl (C=O) groups is 1. The highest BCUT2D eigenvalue weighted by Crippen LogP contribution is 2.37. The van der Waals surface area contributed by atoms with E-state index in [2.05, 4.69) is 4.98 Å². The molecular weight excluding hydrogens is 360 g/mol. The Morgan fingerprint density at radius 2 is 2.22 bits per heavy atom. The molecule has 122 valence electrons. The molecule has 23 heavy (non-hydrogen) atoms. The van der Waals surface area contributed by atoms with Crippen LogP contribution in [0.2, 0.25) is 5.02 Å². The van der Waals surface area contributed by atoms with Gasteiger partial charge in [-0.1, -0.05) is 11.6 Å². The van der Waals surface area contributed by atoms with Crippen LogP contribution in [-0.4, -0.2) is 25.4 Å². The van der Waals surface area contributed by atoms with E-state index in [1.54, 1.807) is 6.92 Å². The number of benzene rings is 1. The average Bonchev–Trinajstić information content (AvgIpc) is 3.03. The summed E-state index contributed by atoms with van der Waals surface area (Å²) in [6, 6.07) is 2.77. The molecule has 1 amide bonds. The fourth-order valence-corrected chi connectivity index (χ4v) is 4.44. The number of aromatic nitrogens is 1. The zero-order valence-electron chi connectivity index (χ0n) is 12.3. The highest BCUT2D eigenvalue weighted by Gasteiger charge is 2.27. The van der Waals surface area contributed by atoms with E-state index < -0.39 is 15.9 Å². The number of thiazole rings is 1. The molecule has 1 aromatic carbocycles. The lowest BCUT2D eigenvalue weighted by molar-refractivity contribution is 0.0985. The normalized spacial score (nSPS) is 16.7. The second-order valence-electron chi connectivity index (χ2n) is 5.20. The molecule has 0 saturated heterocycles. The number of amides is 1. The Labute approximate surface area is 142 Å². The monoisotopic (exact) mass is 372 g/mol. The molecule has 0 saturated carbocycles. The van der Waals surface area contributed by atoms with Gasteiger partial charge < -0.3 is 4.74 Å². The van der Waals surface area contributed by atoms with Crippen LogP contribution in [0, 0.1) is 6.92 Å². The van der Waals surface area contributed by atoms with E-state index in [1.165, 1.54) is 18.3 Å². The van der Waals surface area contributed by atoms with Crippen LogP contribution >= 0.6 is 22.9 Å². The maximum atomic E-state index is 12.4. The Kier molecular flexibility index (Phi) is 4.07. The Hall–Kier alpha value is -1.64. The number of nitrogens with one attached hydrogen (secondary N) is 1. The smallest absolute Gasteiger partial charge is 0.276 e. The molecule has 2 heterocycles. The molecule has 3 rings (SSSR count). The van der Waals surface area contributed by atoms with Crippen LogP contribution in [0.1, 0.15) is 27.2 Å². The van der Waals surface area contributed by atoms with Gasteiger partial charge in [-0.25, -0.2) is 18.1 Å². The summed E-state index contributed by atoms with van der Waals surface area (Å²) in [4.78, 5) is 16.1. The van der Waals surface area contributed by atoms with Crippen LogP contribution in [0.25, 0.3) is 0 Å². The van der Waals surface area contributed by atoms with Crippen LogP contribution in [0.15, 0.2) is 23.2 Å². The number of fused-ring (bicyclic) bond motifs is 1. The predicted molar refractivity (Wildman–Crippen MR) is 86.7 cm³/mol. The zero-order chi connectivity index (χ0) is 16.8. The molecular formula is C14H13ClN2O4S2. The van der Waals surface area contributed by atoms with Crippen LogP contribution in [-0.2, 0) is 16.4 Å². The molecule has 0 aliphatic carbocycles. The molecule has 1 aliphatic rings. The first-order valence-corrected chi connectivity index (χ1v) is 9.42. The minimum absolute atomic E-state index is 0.0600. The predicted octanol–water partition coefficient (Wildman–Crippen LogP) is 2.55. The highest BCUT2D eigenvalue weighted by atomic mass is 35.5. The molecule has 9 heteroatoms. The number of sulfonamides is 1. The van der Waals surface area contributed by atoms with E-state index in [0.717, 1.165) is 11.3 Å². The lowest BCUT2D eigenvalue weighted by atomic mass is 10.1. The summed E-state index contributed by atoms with van der Waals surface area (Å²) in [7, 11) is -4.02. The van der Waals surface area contributed by atoms with Gasteiger partial charge in [-0.3, -0.25) is 4.79 Å². The molecule has 0 spiro atoms. The first-order valence-electron chi connectivity index (χ1n) is 6.75. The Morgan fingerprint density at radius 3 is 2.87 bits per heavy atom. The number of rotatable bonds is 3. The maximum Gasteiger partial charge on any atom is 0.276 e. The number of hydrogen-bond acceptors (Lipinski definition) is 6. The van der Waals surface area contributed by atoms with Crippen molar-refractivity contribution in [3.05, 3.63) is 38.8 Å². The van der Waals surface area contributed by atoms with Crippen molar-refractivity contribution in [2.75, 3.05) is 0 Å². The van der Waals surface area contributed by atoms with Crippen LogP contribution in [0.4, 0.5) is 0 Å². The highest BCUT2D eigenvalue weighted by molar-refractivity contribution is 7.90. The van der Waals surface area contributed by atoms with Crippen LogP contribution < -0.4 is 9.46 Å². The van der Waals surface area contributed by atoms with Gasteiger partial charge in [-0.05, 0) is 26.0 Å². The van der Waals surface area contributed by atoms with Gasteiger partial charge in [0.15, 0.2) is 0 Å². The largest absolute Gasteiger partial charge is 0.489 e. The minimum atomic E-state index is -4.02. The lowest BCUT2D eigenvalue weighted by Gasteiger charge is -2.09. The van der Waals surface area contributed by atoms with Gasteiger partial charge in [0.25, 0.3) is 15.9 Å². The SMILES string of the molecule is Cc1ncc(C(=O)NS(=O)(=O)c2cc(Cl)c3c(c2)C[C@@H](C)O3)s1. The summed E-state index contributed by atoms with van der Waals surface area (Å²) < 4.78 is 32.4. The summed E-state index contributed by atoms with van der Waals surface area (Å²) in [5.41, 5.74) is 0.714. The van der Waals surface area contributed by atoms with Gasteiger partial charge >= 0.3 is 0 Å². The summed E-state index contributed by atoms with van der Waals surface area (Å²) in [6.45, 7) is 3.61. The number of aryl methyl sites for hydroxylation is 1. The summed E-state index contributed by atoms with van der Waals surface area (Å²) in [6.07, 6.45) is 1.85. The van der Waals surface area contributed by atoms with E-state index in [-0.39, 0.29) is 20.9 Å². The van der Waals surface area contributed by atoms with E-state index >= 15 is 0 Å². The molecule has 0 bridgehead atoms. The number of nitrogens with zero attached hydrogens (tertiary/aromatic N) is 1. The molecule has 1 atom stereocenters. The van der Waals surface area contributed by atoms with Gasteiger partial charge in [-0.2, -0.15) is 0 Å². The Balaban J connectivity index is 1.90. The van der Waals surface area contributed by atoms with Crippen molar-refractivity contribution in [1.29, 1.82) is 0 Å². The van der Waals surface area contributed by atoms with Gasteiger partial charge in [0.05, 0.1) is 21.1 Å². The van der Waals surface area contributed by atoms with Crippen molar-refractivity contribution in [3.8, 4) is 5.75 Å². The van der Waals surface area contributed by atoms with E-state index in [1.807, 2.05) is 11.6 Å². The van der Waals surface area contributed by atoms with Crippen molar-refractivity contribution in [2.24, 2.45) is 0 Å². The first-order chi connectivity index (χ1) is 10.8. The summed E-state index contributed by atoms with van der Waals surface area (Å²) in [5.74, 6) is -0.209. The molecule has 2 aromatic rings. The molecule has 0 radical (unpaired) electrons. The van der Waals surface area contributed by atoms with Crippen molar-refractivity contribution in [3.63, 3.8) is 0 Å². The number of hydrogen-bond donors (Lipinski definition) is 1. The fraction of sp³-hybridized carbons (Fsp3) is 0.286. The second-order valence-corrected chi connectivity index (χ2v) is 8.53. The van der Waals surface area contributed by atoms with Crippen LogP contribution in [0.5, 0.6) is 5.75 Å². The molecule has 6 nitrogen and oxygen atoms in total. The molecule has 1 aromatic heterocycles. The second kappa shape index (κ2) is 5.77. The van der Waals surface area contributed by atoms with Crippen molar-refractivity contribution in [1.82, 2.24) is 9.71 Å². The Morgan fingerprint density at radius 1 is 1.48 bits per heavy atom. The quantitative estimate of drug-likeness (QED) is 0.894. The lowest BCUT2D eigenvalue weighted by Crippen LogP contribution is -2.30. The first kappa shape index (κ1) is 16.2. The average molecular weight is 373 g/mol. The van der Waals surface area contributed by atoms with Gasteiger partial charge in [0, 0.05) is 12.0 Å². The summed E-state index contributed by atoms with van der Waals surface area (Å²) >= 11 is 7.21. The maximum absolute atomic E-state index is 12.4. The standard InChI is InChI=1S/C14H13ClN2O4S2/c1-7-3-9-4-10(5-11(15)13(9)21-7)23(19,20)17-14(18)12-6-16-8(2)22-12/h4-7H,3H2,1-2H3,(H,17,18)/t7-/m1/s1. The van der Waals surface area contributed by atoms with Gasteiger partial charge in [0.2, 0.25) is 0 Å². The van der Waals surface area contributed by atoms with Crippen molar-refractivity contribution >= 4 is 38.9 Å². The van der Waals surface area contributed by atoms with E-state index in [9.17, 15) is 13.2 Å². The third-order valence-corrected chi connectivity index (χ3v) is 5.81.